The van der Waals surface area contributed by atoms with E-state index in [0.717, 1.165) is 23.3 Å². The summed E-state index contributed by atoms with van der Waals surface area (Å²) < 4.78 is 89.3. The van der Waals surface area contributed by atoms with Gasteiger partial charge in [-0.05, 0) is 54.8 Å². The van der Waals surface area contributed by atoms with E-state index >= 15 is 0 Å². The standard InChI is InChI=1S/C23H24F6N2O3/c1-14-3-8-18(11-15(14)2)30-21(32)34-20(23(27,28)29)13-31-9-10-33-19(12-31)16-4-6-17(7-5-16)22(24,25)26/h3-8,11,19-20H,9-10,12-13H2,1-2H3,(H,30,32). The van der Waals surface area contributed by atoms with E-state index in [-0.39, 0.29) is 19.7 Å². The van der Waals surface area contributed by atoms with Crippen LogP contribution in [0.15, 0.2) is 42.5 Å². The number of carbonyl (C=O) groups excluding carboxylic acids is 1. The minimum atomic E-state index is -4.82. The largest absolute Gasteiger partial charge is 0.435 e. The smallest absolute Gasteiger partial charge is 0.426 e. The van der Waals surface area contributed by atoms with Gasteiger partial charge in [0.15, 0.2) is 0 Å². The molecule has 2 atom stereocenters. The second-order valence-corrected chi connectivity index (χ2v) is 8.10. The Hall–Kier alpha value is -2.79. The van der Waals surface area contributed by atoms with Gasteiger partial charge in [0.05, 0.1) is 18.3 Å². The highest BCUT2D eigenvalue weighted by molar-refractivity contribution is 5.84. The molecule has 0 aromatic heterocycles. The van der Waals surface area contributed by atoms with Crippen molar-refractivity contribution in [1.82, 2.24) is 4.90 Å². The molecule has 34 heavy (non-hydrogen) atoms. The van der Waals surface area contributed by atoms with Gasteiger partial charge < -0.3 is 9.47 Å². The van der Waals surface area contributed by atoms with Gasteiger partial charge in [-0.15, -0.1) is 0 Å². The minimum absolute atomic E-state index is 0.0000798. The maximum Gasteiger partial charge on any atom is 0.426 e. The van der Waals surface area contributed by atoms with E-state index in [9.17, 15) is 31.1 Å². The van der Waals surface area contributed by atoms with E-state index in [1.807, 2.05) is 6.92 Å². The van der Waals surface area contributed by atoms with Crippen molar-refractivity contribution in [3.8, 4) is 0 Å². The van der Waals surface area contributed by atoms with Crippen molar-refractivity contribution >= 4 is 11.8 Å². The number of ether oxygens (including phenoxy) is 2. The van der Waals surface area contributed by atoms with Gasteiger partial charge >= 0.3 is 18.4 Å². The maximum absolute atomic E-state index is 13.6. The van der Waals surface area contributed by atoms with Crippen molar-refractivity contribution in [2.75, 3.05) is 31.6 Å². The zero-order valence-electron chi connectivity index (χ0n) is 18.5. The fraction of sp³-hybridized carbons (Fsp3) is 0.435. The van der Waals surface area contributed by atoms with Gasteiger partial charge in [-0.25, -0.2) is 4.79 Å². The van der Waals surface area contributed by atoms with Crippen LogP contribution in [0.2, 0.25) is 0 Å². The lowest BCUT2D eigenvalue weighted by Crippen LogP contribution is -2.48. The summed E-state index contributed by atoms with van der Waals surface area (Å²) in [6.45, 7) is 3.24. The van der Waals surface area contributed by atoms with Crippen LogP contribution in [0, 0.1) is 13.8 Å². The summed E-state index contributed by atoms with van der Waals surface area (Å²) in [6.07, 6.45) is -13.7. The van der Waals surface area contributed by atoms with Gasteiger partial charge in [0.2, 0.25) is 6.10 Å². The molecule has 1 aliphatic rings. The molecular weight excluding hydrogens is 466 g/mol. The minimum Gasteiger partial charge on any atom is -0.435 e. The summed E-state index contributed by atoms with van der Waals surface area (Å²) in [4.78, 5) is 13.5. The molecule has 0 spiro atoms. The number of halogens is 6. The third-order valence-corrected chi connectivity index (χ3v) is 5.55. The summed E-state index contributed by atoms with van der Waals surface area (Å²) in [6, 6.07) is 9.18. The highest BCUT2D eigenvalue weighted by Crippen LogP contribution is 2.32. The quantitative estimate of drug-likeness (QED) is 0.533. The Labute approximate surface area is 192 Å². The Bertz CT molecular complexity index is 992. The molecule has 0 saturated carbocycles. The number of nitrogens with zero attached hydrogens (tertiary/aromatic N) is 1. The topological polar surface area (TPSA) is 50.8 Å². The third-order valence-electron chi connectivity index (χ3n) is 5.55. The van der Waals surface area contributed by atoms with Gasteiger partial charge in [0, 0.05) is 25.3 Å². The van der Waals surface area contributed by atoms with Gasteiger partial charge in [-0.1, -0.05) is 18.2 Å². The maximum atomic E-state index is 13.6. The first-order chi connectivity index (χ1) is 15.8. The van der Waals surface area contributed by atoms with Gasteiger partial charge in [0.1, 0.15) is 0 Å². The van der Waals surface area contributed by atoms with Gasteiger partial charge in [-0.2, -0.15) is 26.3 Å². The summed E-state index contributed by atoms with van der Waals surface area (Å²) in [5.41, 5.74) is 1.71. The molecule has 0 bridgehead atoms. The molecule has 1 amide bonds. The van der Waals surface area contributed by atoms with E-state index in [0.29, 0.717) is 11.3 Å². The molecule has 2 aromatic rings. The van der Waals surface area contributed by atoms with Crippen molar-refractivity contribution in [3.63, 3.8) is 0 Å². The fourth-order valence-electron chi connectivity index (χ4n) is 3.49. The number of benzene rings is 2. The third kappa shape index (κ3) is 6.86. The summed E-state index contributed by atoms with van der Waals surface area (Å²) >= 11 is 0. The van der Waals surface area contributed by atoms with Crippen molar-refractivity contribution in [3.05, 3.63) is 64.7 Å². The molecule has 2 unspecified atom stereocenters. The molecule has 1 aliphatic heterocycles. The van der Waals surface area contributed by atoms with E-state index in [1.54, 1.807) is 25.1 Å². The van der Waals surface area contributed by atoms with Crippen LogP contribution in [0.1, 0.15) is 28.4 Å². The van der Waals surface area contributed by atoms with Crippen LogP contribution in [0.5, 0.6) is 0 Å². The van der Waals surface area contributed by atoms with Crippen LogP contribution in [0.3, 0.4) is 0 Å². The molecule has 1 fully saturated rings. The van der Waals surface area contributed by atoms with Gasteiger partial charge in [0.25, 0.3) is 0 Å². The van der Waals surface area contributed by atoms with Crippen LogP contribution < -0.4 is 5.32 Å². The van der Waals surface area contributed by atoms with Crippen LogP contribution >= 0.6 is 0 Å². The normalized spacial score (nSPS) is 18.4. The number of hydrogen-bond acceptors (Lipinski definition) is 4. The Morgan fingerprint density at radius 2 is 1.76 bits per heavy atom. The first kappa shape index (κ1) is 25.8. The highest BCUT2D eigenvalue weighted by atomic mass is 19.4. The van der Waals surface area contributed by atoms with Crippen molar-refractivity contribution < 1.29 is 40.6 Å². The lowest BCUT2D eigenvalue weighted by Gasteiger charge is -2.35. The molecule has 11 heteroatoms. The lowest BCUT2D eigenvalue weighted by atomic mass is 10.0. The van der Waals surface area contributed by atoms with E-state index < -0.39 is 42.8 Å². The Morgan fingerprint density at radius 3 is 2.35 bits per heavy atom. The summed E-state index contributed by atoms with van der Waals surface area (Å²) in [5.74, 6) is 0. The molecule has 0 aliphatic carbocycles. The number of anilines is 1. The number of morpholine rings is 1. The molecule has 1 N–H and O–H groups in total. The second-order valence-electron chi connectivity index (χ2n) is 8.10. The second kappa shape index (κ2) is 10.2. The molecule has 5 nitrogen and oxygen atoms in total. The van der Waals surface area contributed by atoms with Crippen LogP contribution in [-0.2, 0) is 15.7 Å². The molecule has 0 radical (unpaired) electrons. The average molecular weight is 490 g/mol. The predicted molar refractivity (Wildman–Crippen MR) is 112 cm³/mol. The van der Waals surface area contributed by atoms with Crippen molar-refractivity contribution in [1.29, 1.82) is 0 Å². The Balaban J connectivity index is 1.64. The van der Waals surface area contributed by atoms with Crippen LogP contribution in [-0.4, -0.2) is 49.5 Å². The number of aryl methyl sites for hydroxylation is 2. The first-order valence-electron chi connectivity index (χ1n) is 10.5. The van der Waals surface area contributed by atoms with Crippen LogP contribution in [0.4, 0.5) is 36.8 Å². The molecule has 2 aromatic carbocycles. The zero-order chi connectivity index (χ0) is 25.1. The fourth-order valence-corrected chi connectivity index (χ4v) is 3.49. The molecular formula is C23H24F6N2O3. The van der Waals surface area contributed by atoms with E-state index in [1.165, 1.54) is 17.0 Å². The average Bonchev–Trinajstić information content (AvgIpc) is 2.75. The number of carbonyl (C=O) groups is 1. The number of amides is 1. The van der Waals surface area contributed by atoms with Crippen molar-refractivity contribution in [2.24, 2.45) is 0 Å². The molecule has 3 rings (SSSR count). The lowest BCUT2D eigenvalue weighted by molar-refractivity contribution is -0.209. The summed E-state index contributed by atoms with van der Waals surface area (Å²) in [7, 11) is 0. The highest BCUT2D eigenvalue weighted by Gasteiger charge is 2.44. The predicted octanol–water partition coefficient (Wildman–Crippen LogP) is 5.88. The first-order valence-corrected chi connectivity index (χ1v) is 10.5. The number of hydrogen-bond donors (Lipinski definition) is 1. The monoisotopic (exact) mass is 490 g/mol. The van der Waals surface area contributed by atoms with Gasteiger partial charge in [-0.3, -0.25) is 10.2 Å². The molecule has 186 valence electrons. The Kier molecular flexibility index (Phi) is 7.77. The molecule has 1 heterocycles. The number of alkyl halides is 6. The zero-order valence-corrected chi connectivity index (χ0v) is 18.5. The van der Waals surface area contributed by atoms with Crippen LogP contribution in [0.25, 0.3) is 0 Å². The van der Waals surface area contributed by atoms with Crippen molar-refractivity contribution in [2.45, 2.75) is 38.4 Å². The molecule has 1 saturated heterocycles. The number of rotatable bonds is 5. The Morgan fingerprint density at radius 1 is 1.09 bits per heavy atom. The summed E-state index contributed by atoms with van der Waals surface area (Å²) in [5, 5.41) is 2.31. The number of nitrogens with one attached hydrogen (secondary N) is 1. The SMILES string of the molecule is Cc1ccc(NC(=O)OC(CN2CCOC(c3ccc(C(F)(F)F)cc3)C2)C(F)(F)F)cc1C. The van der Waals surface area contributed by atoms with E-state index in [2.05, 4.69) is 5.32 Å². The van der Waals surface area contributed by atoms with E-state index in [4.69, 9.17) is 9.47 Å².